The van der Waals surface area contributed by atoms with Gasteiger partial charge in [0, 0.05) is 16.8 Å². The lowest BCUT2D eigenvalue weighted by Gasteiger charge is -2.27. The van der Waals surface area contributed by atoms with Gasteiger partial charge in [-0.15, -0.1) is 0 Å². The molecule has 1 saturated carbocycles. The Kier molecular flexibility index (Phi) is 3.02. The van der Waals surface area contributed by atoms with Crippen molar-refractivity contribution in [3.63, 3.8) is 0 Å². The molecule has 3 aromatic rings. The molecule has 1 nitrogen and oxygen atoms in total. The molecule has 1 N–H and O–H groups in total. The van der Waals surface area contributed by atoms with E-state index in [1.54, 1.807) is 5.56 Å². The molecule has 0 heterocycles. The second-order valence-corrected chi connectivity index (χ2v) is 7.09. The van der Waals surface area contributed by atoms with Crippen LogP contribution in [-0.2, 0) is 5.41 Å². The fourth-order valence-corrected chi connectivity index (χ4v) is 4.74. The Labute approximate surface area is 143 Å². The van der Waals surface area contributed by atoms with Gasteiger partial charge in [-0.2, -0.15) is 0 Å². The molecule has 0 bridgehead atoms. The highest BCUT2D eigenvalue weighted by Gasteiger charge is 2.44. The van der Waals surface area contributed by atoms with Crippen molar-refractivity contribution in [2.24, 2.45) is 0 Å². The van der Waals surface area contributed by atoms with Crippen LogP contribution in [0, 0.1) is 0 Å². The van der Waals surface area contributed by atoms with Gasteiger partial charge in [-0.25, -0.2) is 0 Å². The molecule has 0 aromatic heterocycles. The second-order valence-electron chi connectivity index (χ2n) is 7.09. The highest BCUT2D eigenvalue weighted by atomic mass is 14.9. The van der Waals surface area contributed by atoms with E-state index in [1.807, 2.05) is 0 Å². The number of rotatable bonds is 2. The van der Waals surface area contributed by atoms with Crippen LogP contribution in [0.25, 0.3) is 11.1 Å². The Morgan fingerprint density at radius 3 is 2.17 bits per heavy atom. The molecular formula is C23H21N. The molecular weight excluding hydrogens is 290 g/mol. The van der Waals surface area contributed by atoms with Crippen molar-refractivity contribution in [1.29, 1.82) is 0 Å². The maximum absolute atomic E-state index is 3.57. The molecule has 0 aliphatic heterocycles. The Bertz CT molecular complexity index is 889. The Balaban J connectivity index is 1.63. The lowest BCUT2D eigenvalue weighted by Crippen LogP contribution is -2.20. The van der Waals surface area contributed by atoms with E-state index in [-0.39, 0.29) is 5.41 Å². The monoisotopic (exact) mass is 311 g/mol. The van der Waals surface area contributed by atoms with Gasteiger partial charge in [0.2, 0.25) is 0 Å². The van der Waals surface area contributed by atoms with Gasteiger partial charge >= 0.3 is 0 Å². The van der Waals surface area contributed by atoms with Crippen LogP contribution in [0.5, 0.6) is 0 Å². The molecule has 0 unspecified atom stereocenters. The first kappa shape index (κ1) is 13.9. The molecule has 0 saturated heterocycles. The summed E-state index contributed by atoms with van der Waals surface area (Å²) < 4.78 is 0. The van der Waals surface area contributed by atoms with Crippen LogP contribution in [0.1, 0.15) is 36.8 Å². The lowest BCUT2D eigenvalue weighted by molar-refractivity contribution is 0.550. The average Bonchev–Trinajstić information content (AvgIpc) is 3.22. The fourth-order valence-electron chi connectivity index (χ4n) is 4.74. The fraction of sp³-hybridized carbons (Fsp3) is 0.217. The molecule has 24 heavy (non-hydrogen) atoms. The zero-order valence-corrected chi connectivity index (χ0v) is 13.8. The van der Waals surface area contributed by atoms with Gasteiger partial charge in [-0.1, -0.05) is 61.4 Å². The van der Waals surface area contributed by atoms with Crippen LogP contribution in [0.15, 0.2) is 72.8 Å². The SMILES string of the molecule is c1ccc(Nc2ccc3c(c2)C2(CCCC2)c2ccccc2-3)cc1. The van der Waals surface area contributed by atoms with Crippen molar-refractivity contribution in [1.82, 2.24) is 0 Å². The van der Waals surface area contributed by atoms with Gasteiger partial charge in [0.05, 0.1) is 0 Å². The van der Waals surface area contributed by atoms with Gasteiger partial charge < -0.3 is 5.32 Å². The minimum Gasteiger partial charge on any atom is -0.356 e. The maximum atomic E-state index is 3.57. The zero-order valence-electron chi connectivity index (χ0n) is 13.8. The molecule has 0 amide bonds. The lowest BCUT2D eigenvalue weighted by atomic mass is 9.77. The number of nitrogens with one attached hydrogen (secondary N) is 1. The predicted octanol–water partition coefficient (Wildman–Crippen LogP) is 6.27. The first-order valence-electron chi connectivity index (χ1n) is 8.93. The van der Waals surface area contributed by atoms with E-state index in [0.717, 1.165) is 5.69 Å². The van der Waals surface area contributed by atoms with E-state index in [4.69, 9.17) is 0 Å². The van der Waals surface area contributed by atoms with Gasteiger partial charge in [-0.05, 0) is 59.4 Å². The van der Waals surface area contributed by atoms with Crippen molar-refractivity contribution in [2.75, 3.05) is 5.32 Å². The van der Waals surface area contributed by atoms with Crippen molar-refractivity contribution in [2.45, 2.75) is 31.1 Å². The summed E-state index contributed by atoms with van der Waals surface area (Å²) >= 11 is 0. The van der Waals surface area contributed by atoms with E-state index >= 15 is 0 Å². The normalized spacial score (nSPS) is 16.8. The highest BCUT2D eigenvalue weighted by Crippen LogP contribution is 2.57. The van der Waals surface area contributed by atoms with Crippen molar-refractivity contribution < 1.29 is 0 Å². The Hall–Kier alpha value is -2.54. The number of para-hydroxylation sites is 1. The smallest absolute Gasteiger partial charge is 0.0387 e. The third kappa shape index (κ3) is 1.94. The zero-order chi connectivity index (χ0) is 16.0. The quantitative estimate of drug-likeness (QED) is 0.588. The molecule has 0 radical (unpaired) electrons. The maximum Gasteiger partial charge on any atom is 0.0387 e. The number of anilines is 2. The summed E-state index contributed by atoms with van der Waals surface area (Å²) in [5, 5.41) is 3.57. The second kappa shape index (κ2) is 5.24. The third-order valence-corrected chi connectivity index (χ3v) is 5.79. The first-order chi connectivity index (χ1) is 11.9. The van der Waals surface area contributed by atoms with Gasteiger partial charge in [0.1, 0.15) is 0 Å². The highest BCUT2D eigenvalue weighted by molar-refractivity contribution is 5.83. The molecule has 5 rings (SSSR count). The number of hydrogen-bond donors (Lipinski definition) is 1. The van der Waals surface area contributed by atoms with Crippen molar-refractivity contribution in [3.05, 3.63) is 83.9 Å². The van der Waals surface area contributed by atoms with Crippen LogP contribution in [0.4, 0.5) is 11.4 Å². The summed E-state index contributed by atoms with van der Waals surface area (Å²) in [7, 11) is 0. The van der Waals surface area contributed by atoms with Crippen LogP contribution >= 0.6 is 0 Å². The van der Waals surface area contributed by atoms with E-state index in [1.165, 1.54) is 48.1 Å². The first-order valence-corrected chi connectivity index (χ1v) is 8.93. The number of benzene rings is 3. The summed E-state index contributed by atoms with van der Waals surface area (Å²) in [5.41, 5.74) is 8.55. The van der Waals surface area contributed by atoms with Gasteiger partial charge in [0.25, 0.3) is 0 Å². The summed E-state index contributed by atoms with van der Waals surface area (Å²) in [5.74, 6) is 0. The molecule has 1 spiro atoms. The molecule has 1 fully saturated rings. The molecule has 0 atom stereocenters. The van der Waals surface area contributed by atoms with Gasteiger partial charge in [-0.3, -0.25) is 0 Å². The minimum absolute atomic E-state index is 0.250. The summed E-state index contributed by atoms with van der Waals surface area (Å²) in [6.07, 6.45) is 5.24. The van der Waals surface area contributed by atoms with Crippen molar-refractivity contribution in [3.8, 4) is 11.1 Å². The minimum atomic E-state index is 0.250. The predicted molar refractivity (Wildman–Crippen MR) is 101 cm³/mol. The molecule has 3 aromatic carbocycles. The standard InChI is InChI=1S/C23H21N/c1-2-8-17(9-3-1)24-18-12-13-20-19-10-4-5-11-21(19)23(22(20)16-18)14-6-7-15-23/h1-5,8-13,16,24H,6-7,14-15H2. The summed E-state index contributed by atoms with van der Waals surface area (Å²) in [6.45, 7) is 0. The summed E-state index contributed by atoms with van der Waals surface area (Å²) in [4.78, 5) is 0. The van der Waals surface area contributed by atoms with Crippen LogP contribution in [0.2, 0.25) is 0 Å². The van der Waals surface area contributed by atoms with Crippen molar-refractivity contribution >= 4 is 11.4 Å². The number of fused-ring (bicyclic) bond motifs is 5. The van der Waals surface area contributed by atoms with Crippen LogP contribution in [0.3, 0.4) is 0 Å². The third-order valence-electron chi connectivity index (χ3n) is 5.79. The largest absolute Gasteiger partial charge is 0.356 e. The van der Waals surface area contributed by atoms with E-state index in [9.17, 15) is 0 Å². The topological polar surface area (TPSA) is 12.0 Å². The Morgan fingerprint density at radius 1 is 0.625 bits per heavy atom. The van der Waals surface area contributed by atoms with E-state index < -0.39 is 0 Å². The van der Waals surface area contributed by atoms with Crippen LogP contribution in [-0.4, -0.2) is 0 Å². The van der Waals surface area contributed by atoms with Crippen LogP contribution < -0.4 is 5.32 Å². The molecule has 118 valence electrons. The number of hydrogen-bond acceptors (Lipinski definition) is 1. The molecule has 2 aliphatic rings. The molecule has 1 heteroatoms. The van der Waals surface area contributed by atoms with E-state index in [2.05, 4.69) is 78.1 Å². The van der Waals surface area contributed by atoms with Gasteiger partial charge in [0.15, 0.2) is 0 Å². The summed E-state index contributed by atoms with van der Waals surface area (Å²) in [6, 6.07) is 26.4. The molecule has 2 aliphatic carbocycles. The average molecular weight is 311 g/mol. The Morgan fingerprint density at radius 2 is 1.33 bits per heavy atom. The van der Waals surface area contributed by atoms with E-state index in [0.29, 0.717) is 0 Å².